The first kappa shape index (κ1) is 16.9. The number of nitrogens with zero attached hydrogens (tertiary/aromatic N) is 3. The van der Waals surface area contributed by atoms with Crippen molar-refractivity contribution in [3.05, 3.63) is 71.0 Å². The van der Waals surface area contributed by atoms with Crippen molar-refractivity contribution in [2.24, 2.45) is 0 Å². The highest BCUT2D eigenvalue weighted by atomic mass is 16.5. The zero-order chi connectivity index (χ0) is 19.3. The van der Waals surface area contributed by atoms with Crippen molar-refractivity contribution in [2.45, 2.75) is 18.9 Å². The maximum Gasteiger partial charge on any atom is 0.257 e. The Labute approximate surface area is 163 Å². The number of methoxy groups -OCH3 is 2. The van der Waals surface area contributed by atoms with E-state index in [1.165, 1.54) is 5.56 Å². The zero-order valence-corrected chi connectivity index (χ0v) is 15.9. The van der Waals surface area contributed by atoms with Gasteiger partial charge in [-0.15, -0.1) is 0 Å². The van der Waals surface area contributed by atoms with Gasteiger partial charge in [-0.3, -0.25) is 4.79 Å². The molecule has 2 aliphatic heterocycles. The molecule has 0 saturated carbocycles. The number of para-hydroxylation sites is 1. The molecule has 1 unspecified atom stereocenters. The molecule has 1 atom stereocenters. The van der Waals surface area contributed by atoms with E-state index in [0.717, 1.165) is 35.5 Å². The summed E-state index contributed by atoms with van der Waals surface area (Å²) in [4.78, 5) is 15.2. The maximum atomic E-state index is 13.2. The molecular weight excluding hydrogens is 354 g/mol. The fraction of sp³-hybridized carbons (Fsp3) is 0.273. The molecule has 0 bridgehead atoms. The van der Waals surface area contributed by atoms with Crippen LogP contribution in [0.25, 0.3) is 5.69 Å². The van der Waals surface area contributed by atoms with Gasteiger partial charge in [0.05, 0.1) is 43.4 Å². The third-order valence-electron chi connectivity index (χ3n) is 5.75. The molecule has 1 amide bonds. The van der Waals surface area contributed by atoms with Crippen molar-refractivity contribution in [1.82, 2.24) is 14.7 Å². The van der Waals surface area contributed by atoms with Crippen molar-refractivity contribution in [3.63, 3.8) is 0 Å². The predicted molar refractivity (Wildman–Crippen MR) is 104 cm³/mol. The Bertz CT molecular complexity index is 1060. The van der Waals surface area contributed by atoms with E-state index in [1.54, 1.807) is 20.4 Å². The molecule has 2 aromatic carbocycles. The highest BCUT2D eigenvalue weighted by Crippen LogP contribution is 2.42. The van der Waals surface area contributed by atoms with Crippen LogP contribution in [-0.2, 0) is 12.8 Å². The molecule has 0 fully saturated rings. The second kappa shape index (κ2) is 6.41. The molecule has 0 N–H and O–H groups in total. The van der Waals surface area contributed by atoms with Crippen molar-refractivity contribution >= 4 is 5.91 Å². The Morgan fingerprint density at radius 3 is 2.57 bits per heavy atom. The Balaban J connectivity index is 1.62. The first-order valence-electron chi connectivity index (χ1n) is 9.39. The molecule has 5 rings (SSSR count). The van der Waals surface area contributed by atoms with Crippen molar-refractivity contribution in [3.8, 4) is 17.2 Å². The molecule has 28 heavy (non-hydrogen) atoms. The number of fused-ring (bicyclic) bond motifs is 4. The summed E-state index contributed by atoms with van der Waals surface area (Å²) in [5, 5.41) is 4.52. The Morgan fingerprint density at radius 1 is 1.07 bits per heavy atom. The van der Waals surface area contributed by atoms with Gasteiger partial charge in [0, 0.05) is 13.0 Å². The van der Waals surface area contributed by atoms with Gasteiger partial charge in [-0.25, -0.2) is 4.68 Å². The van der Waals surface area contributed by atoms with E-state index in [2.05, 4.69) is 5.10 Å². The monoisotopic (exact) mass is 375 g/mol. The van der Waals surface area contributed by atoms with Crippen LogP contribution in [0.15, 0.2) is 48.7 Å². The van der Waals surface area contributed by atoms with Crippen LogP contribution in [0, 0.1) is 0 Å². The standard InChI is InChI=1S/C22H21N3O3/c1-27-20-10-14-8-9-24-18(16(14)11-21(20)28-2)12-19-17(22(24)26)13-23-25(19)15-6-4-3-5-7-15/h3-7,10-11,13,18H,8-9,12H2,1-2H3. The highest BCUT2D eigenvalue weighted by molar-refractivity contribution is 5.97. The fourth-order valence-corrected chi connectivity index (χ4v) is 4.37. The summed E-state index contributed by atoms with van der Waals surface area (Å²) in [6.45, 7) is 0.696. The van der Waals surface area contributed by atoms with Crippen LogP contribution in [-0.4, -0.2) is 41.4 Å². The molecule has 0 spiro atoms. The van der Waals surface area contributed by atoms with Gasteiger partial charge >= 0.3 is 0 Å². The van der Waals surface area contributed by atoms with E-state index in [1.807, 2.05) is 52.0 Å². The summed E-state index contributed by atoms with van der Waals surface area (Å²) in [6, 6.07) is 14.0. The largest absolute Gasteiger partial charge is 0.493 e. The second-order valence-corrected chi connectivity index (χ2v) is 7.13. The fourth-order valence-electron chi connectivity index (χ4n) is 4.37. The van der Waals surface area contributed by atoms with E-state index < -0.39 is 0 Å². The summed E-state index contributed by atoms with van der Waals surface area (Å²) in [6.07, 6.45) is 3.23. The predicted octanol–water partition coefficient (Wildman–Crippen LogP) is 3.19. The van der Waals surface area contributed by atoms with Crippen LogP contribution in [0.2, 0.25) is 0 Å². The van der Waals surface area contributed by atoms with E-state index in [4.69, 9.17) is 9.47 Å². The molecular formula is C22H21N3O3. The lowest BCUT2D eigenvalue weighted by Gasteiger charge is -2.40. The van der Waals surface area contributed by atoms with Crippen LogP contribution in [0.5, 0.6) is 11.5 Å². The Hall–Kier alpha value is -3.28. The molecule has 2 aliphatic rings. The summed E-state index contributed by atoms with van der Waals surface area (Å²) in [5.41, 5.74) is 4.96. The van der Waals surface area contributed by atoms with Gasteiger partial charge in [-0.2, -0.15) is 5.10 Å². The topological polar surface area (TPSA) is 56.6 Å². The first-order chi connectivity index (χ1) is 13.7. The Morgan fingerprint density at radius 2 is 1.82 bits per heavy atom. The number of hydrogen-bond acceptors (Lipinski definition) is 4. The minimum absolute atomic E-state index is 0.0253. The average Bonchev–Trinajstić information content (AvgIpc) is 3.17. The van der Waals surface area contributed by atoms with Gasteiger partial charge in [0.2, 0.25) is 0 Å². The zero-order valence-electron chi connectivity index (χ0n) is 15.9. The van der Waals surface area contributed by atoms with Crippen LogP contribution < -0.4 is 9.47 Å². The van der Waals surface area contributed by atoms with E-state index in [0.29, 0.717) is 17.9 Å². The van der Waals surface area contributed by atoms with Crippen LogP contribution in [0.4, 0.5) is 0 Å². The van der Waals surface area contributed by atoms with Gasteiger partial charge in [0.15, 0.2) is 11.5 Å². The third-order valence-corrected chi connectivity index (χ3v) is 5.75. The smallest absolute Gasteiger partial charge is 0.257 e. The number of aromatic nitrogens is 2. The van der Waals surface area contributed by atoms with Crippen LogP contribution in [0.3, 0.4) is 0 Å². The van der Waals surface area contributed by atoms with Gasteiger partial charge in [0.1, 0.15) is 0 Å². The number of ether oxygens (including phenoxy) is 2. The third kappa shape index (κ3) is 2.41. The number of benzene rings is 2. The molecule has 3 heterocycles. The van der Waals surface area contributed by atoms with Gasteiger partial charge < -0.3 is 14.4 Å². The van der Waals surface area contributed by atoms with E-state index in [9.17, 15) is 4.79 Å². The minimum Gasteiger partial charge on any atom is -0.493 e. The molecule has 142 valence electrons. The van der Waals surface area contributed by atoms with E-state index >= 15 is 0 Å². The SMILES string of the molecule is COc1cc2c(cc1OC)C1Cc3c(cnn3-c3ccccc3)C(=O)N1CC2. The number of rotatable bonds is 3. The van der Waals surface area contributed by atoms with Gasteiger partial charge in [0.25, 0.3) is 5.91 Å². The number of carbonyl (C=O) groups is 1. The second-order valence-electron chi connectivity index (χ2n) is 7.13. The first-order valence-corrected chi connectivity index (χ1v) is 9.39. The average molecular weight is 375 g/mol. The molecule has 0 saturated heterocycles. The molecule has 0 radical (unpaired) electrons. The lowest BCUT2D eigenvalue weighted by molar-refractivity contribution is 0.0629. The molecule has 6 nitrogen and oxygen atoms in total. The molecule has 3 aromatic rings. The molecule has 0 aliphatic carbocycles. The summed E-state index contributed by atoms with van der Waals surface area (Å²) in [5.74, 6) is 1.47. The lowest BCUT2D eigenvalue weighted by Crippen LogP contribution is -2.44. The van der Waals surface area contributed by atoms with Gasteiger partial charge in [-0.05, 0) is 41.8 Å². The number of hydrogen-bond donors (Lipinski definition) is 0. The van der Waals surface area contributed by atoms with Crippen LogP contribution in [0.1, 0.15) is 33.2 Å². The Kier molecular flexibility index (Phi) is 3.86. The maximum absolute atomic E-state index is 13.2. The molecule has 6 heteroatoms. The quantitative estimate of drug-likeness (QED) is 0.706. The van der Waals surface area contributed by atoms with Gasteiger partial charge in [-0.1, -0.05) is 18.2 Å². The normalized spacial score (nSPS) is 17.6. The number of amides is 1. The van der Waals surface area contributed by atoms with Crippen molar-refractivity contribution in [1.29, 1.82) is 0 Å². The molecule has 1 aromatic heterocycles. The van der Waals surface area contributed by atoms with E-state index in [-0.39, 0.29) is 11.9 Å². The summed E-state index contributed by atoms with van der Waals surface area (Å²) < 4.78 is 12.9. The van der Waals surface area contributed by atoms with Crippen molar-refractivity contribution in [2.75, 3.05) is 20.8 Å². The number of carbonyl (C=O) groups excluding carboxylic acids is 1. The summed E-state index contributed by atoms with van der Waals surface area (Å²) >= 11 is 0. The van der Waals surface area contributed by atoms with Crippen LogP contribution >= 0.6 is 0 Å². The lowest BCUT2D eigenvalue weighted by atomic mass is 9.85. The minimum atomic E-state index is -0.0253. The summed E-state index contributed by atoms with van der Waals surface area (Å²) in [7, 11) is 3.29. The highest BCUT2D eigenvalue weighted by Gasteiger charge is 2.39. The van der Waals surface area contributed by atoms with Crippen molar-refractivity contribution < 1.29 is 14.3 Å².